The minimum atomic E-state index is -4.45. The van der Waals surface area contributed by atoms with E-state index in [1.807, 2.05) is 0 Å². The number of aliphatic hydroxyl groups excluding tert-OH is 1. The molecule has 1 unspecified atom stereocenters. The Morgan fingerprint density at radius 3 is 2.68 bits per heavy atom. The van der Waals surface area contributed by atoms with Gasteiger partial charge in [0.1, 0.15) is 6.07 Å². The zero-order valence-electron chi connectivity index (χ0n) is 10.1. The normalized spacial score (nSPS) is 20.2. The number of halogens is 3. The molecule has 0 aliphatic carbocycles. The first-order valence-corrected chi connectivity index (χ1v) is 5.96. The Morgan fingerprint density at radius 1 is 1.37 bits per heavy atom. The summed E-state index contributed by atoms with van der Waals surface area (Å²) in [5.74, 6) is 0. The van der Waals surface area contributed by atoms with Crippen molar-refractivity contribution in [2.75, 3.05) is 18.0 Å². The summed E-state index contributed by atoms with van der Waals surface area (Å²) >= 11 is 0. The summed E-state index contributed by atoms with van der Waals surface area (Å²) in [5.41, 5.74) is -0.386. The van der Waals surface area contributed by atoms with Crippen molar-refractivity contribution in [2.24, 2.45) is 0 Å². The molecule has 1 fully saturated rings. The molecule has 1 aliphatic rings. The largest absolute Gasteiger partial charge is 0.416 e. The van der Waals surface area contributed by atoms with Gasteiger partial charge in [0.2, 0.25) is 0 Å². The Labute approximate surface area is 108 Å². The zero-order chi connectivity index (χ0) is 14.0. The van der Waals surface area contributed by atoms with Crippen LogP contribution in [-0.4, -0.2) is 24.3 Å². The molecule has 0 bridgehead atoms. The molecule has 1 atom stereocenters. The number of hydrogen-bond donors (Lipinski definition) is 1. The molecule has 0 saturated carbocycles. The van der Waals surface area contributed by atoms with E-state index < -0.39 is 17.8 Å². The molecule has 1 heterocycles. The maximum Gasteiger partial charge on any atom is 0.416 e. The number of β-amino-alcohol motifs (C(OH)–C–C–N with tert-alkyl or cyclic N) is 1. The van der Waals surface area contributed by atoms with Crippen molar-refractivity contribution in [3.63, 3.8) is 0 Å². The third-order valence-corrected chi connectivity index (χ3v) is 3.18. The van der Waals surface area contributed by atoms with E-state index in [2.05, 4.69) is 0 Å². The van der Waals surface area contributed by atoms with E-state index in [-0.39, 0.29) is 5.56 Å². The Kier molecular flexibility index (Phi) is 3.67. The fourth-order valence-electron chi connectivity index (χ4n) is 2.25. The molecule has 1 aromatic rings. The molecular weight excluding hydrogens is 257 g/mol. The van der Waals surface area contributed by atoms with Gasteiger partial charge in [-0.05, 0) is 31.0 Å². The topological polar surface area (TPSA) is 47.3 Å². The molecule has 0 aromatic heterocycles. The summed E-state index contributed by atoms with van der Waals surface area (Å²) in [6.07, 6.45) is -3.51. The van der Waals surface area contributed by atoms with E-state index in [0.717, 1.165) is 18.6 Å². The highest BCUT2D eigenvalue weighted by atomic mass is 19.4. The van der Waals surface area contributed by atoms with E-state index in [9.17, 15) is 18.3 Å². The predicted molar refractivity (Wildman–Crippen MR) is 63.6 cm³/mol. The minimum Gasteiger partial charge on any atom is -0.391 e. The van der Waals surface area contributed by atoms with Crippen LogP contribution in [0.1, 0.15) is 24.0 Å². The van der Waals surface area contributed by atoms with Crippen LogP contribution in [0.5, 0.6) is 0 Å². The number of nitriles is 1. The molecule has 0 radical (unpaired) electrons. The second kappa shape index (κ2) is 5.10. The van der Waals surface area contributed by atoms with Gasteiger partial charge >= 0.3 is 6.18 Å². The van der Waals surface area contributed by atoms with E-state index in [1.165, 1.54) is 6.07 Å². The van der Waals surface area contributed by atoms with Crippen LogP contribution in [0.4, 0.5) is 18.9 Å². The van der Waals surface area contributed by atoms with Crippen LogP contribution in [-0.2, 0) is 6.18 Å². The SMILES string of the molecule is N#Cc1cc(C(F)(F)F)ccc1N1CCCC(O)C1. The van der Waals surface area contributed by atoms with Crippen LogP contribution in [0, 0.1) is 11.3 Å². The summed E-state index contributed by atoms with van der Waals surface area (Å²) < 4.78 is 37.7. The number of alkyl halides is 3. The standard InChI is InChI=1S/C13H13F3N2O/c14-13(15,16)10-3-4-12(9(6-10)7-17)18-5-1-2-11(19)8-18/h3-4,6,11,19H,1-2,5,8H2. The van der Waals surface area contributed by atoms with E-state index in [0.29, 0.717) is 25.2 Å². The molecule has 102 valence electrons. The van der Waals surface area contributed by atoms with Gasteiger partial charge in [-0.2, -0.15) is 18.4 Å². The van der Waals surface area contributed by atoms with Gasteiger partial charge in [0, 0.05) is 13.1 Å². The van der Waals surface area contributed by atoms with Crippen LogP contribution >= 0.6 is 0 Å². The molecular formula is C13H13F3N2O. The second-order valence-electron chi connectivity index (χ2n) is 4.58. The number of aliphatic hydroxyl groups is 1. The Morgan fingerprint density at radius 2 is 2.11 bits per heavy atom. The second-order valence-corrected chi connectivity index (χ2v) is 4.58. The van der Waals surface area contributed by atoms with Gasteiger partial charge in [0.15, 0.2) is 0 Å². The number of hydrogen-bond acceptors (Lipinski definition) is 3. The zero-order valence-corrected chi connectivity index (χ0v) is 10.1. The quantitative estimate of drug-likeness (QED) is 0.853. The molecule has 2 rings (SSSR count). The lowest BCUT2D eigenvalue weighted by Gasteiger charge is -2.32. The molecule has 1 saturated heterocycles. The van der Waals surface area contributed by atoms with Crippen LogP contribution in [0.3, 0.4) is 0 Å². The van der Waals surface area contributed by atoms with E-state index in [1.54, 1.807) is 11.0 Å². The summed E-state index contributed by atoms with van der Waals surface area (Å²) in [5, 5.41) is 18.6. The van der Waals surface area contributed by atoms with Crippen LogP contribution in [0.2, 0.25) is 0 Å². The number of piperidine rings is 1. The van der Waals surface area contributed by atoms with Crippen LogP contribution in [0.25, 0.3) is 0 Å². The predicted octanol–water partition coefficient (Wildman–Crippen LogP) is 2.54. The van der Waals surface area contributed by atoms with Gasteiger partial charge in [0.25, 0.3) is 0 Å². The van der Waals surface area contributed by atoms with Crippen molar-refractivity contribution in [3.05, 3.63) is 29.3 Å². The summed E-state index contributed by atoms with van der Waals surface area (Å²) in [4.78, 5) is 1.76. The van der Waals surface area contributed by atoms with E-state index in [4.69, 9.17) is 5.26 Å². The molecule has 1 N–H and O–H groups in total. The van der Waals surface area contributed by atoms with Crippen molar-refractivity contribution < 1.29 is 18.3 Å². The first-order chi connectivity index (χ1) is 8.91. The average molecular weight is 270 g/mol. The average Bonchev–Trinajstić information content (AvgIpc) is 2.37. The van der Waals surface area contributed by atoms with Crippen LogP contribution < -0.4 is 4.90 Å². The van der Waals surface area contributed by atoms with Crippen molar-refractivity contribution in [1.82, 2.24) is 0 Å². The third-order valence-electron chi connectivity index (χ3n) is 3.18. The monoisotopic (exact) mass is 270 g/mol. The van der Waals surface area contributed by atoms with Crippen LogP contribution in [0.15, 0.2) is 18.2 Å². The maximum absolute atomic E-state index is 12.6. The first kappa shape index (κ1) is 13.7. The molecule has 19 heavy (non-hydrogen) atoms. The highest BCUT2D eigenvalue weighted by Gasteiger charge is 2.31. The van der Waals surface area contributed by atoms with Crippen molar-refractivity contribution in [2.45, 2.75) is 25.1 Å². The maximum atomic E-state index is 12.6. The highest BCUT2D eigenvalue weighted by molar-refractivity contribution is 5.61. The molecule has 3 nitrogen and oxygen atoms in total. The molecule has 0 amide bonds. The number of nitrogens with zero attached hydrogens (tertiary/aromatic N) is 2. The lowest BCUT2D eigenvalue weighted by atomic mass is 10.0. The Hall–Kier alpha value is -1.74. The van der Waals surface area contributed by atoms with E-state index >= 15 is 0 Å². The fourth-order valence-corrected chi connectivity index (χ4v) is 2.25. The van der Waals surface area contributed by atoms with Crippen molar-refractivity contribution >= 4 is 5.69 Å². The Balaban J connectivity index is 2.34. The fraction of sp³-hybridized carbons (Fsp3) is 0.462. The van der Waals surface area contributed by atoms with Gasteiger partial charge in [-0.15, -0.1) is 0 Å². The molecule has 6 heteroatoms. The third kappa shape index (κ3) is 2.99. The first-order valence-electron chi connectivity index (χ1n) is 5.96. The van der Waals surface area contributed by atoms with Crippen molar-refractivity contribution in [3.8, 4) is 6.07 Å². The number of benzene rings is 1. The molecule has 0 spiro atoms. The highest BCUT2D eigenvalue weighted by Crippen LogP contribution is 2.33. The van der Waals surface area contributed by atoms with Gasteiger partial charge < -0.3 is 10.0 Å². The lowest BCUT2D eigenvalue weighted by Crippen LogP contribution is -2.38. The number of rotatable bonds is 1. The lowest BCUT2D eigenvalue weighted by molar-refractivity contribution is -0.137. The van der Waals surface area contributed by atoms with Gasteiger partial charge in [-0.1, -0.05) is 0 Å². The van der Waals surface area contributed by atoms with Gasteiger partial charge in [-0.25, -0.2) is 0 Å². The van der Waals surface area contributed by atoms with Gasteiger partial charge in [-0.3, -0.25) is 0 Å². The molecule has 1 aliphatic heterocycles. The Bertz CT molecular complexity index is 508. The smallest absolute Gasteiger partial charge is 0.391 e. The molecule has 1 aromatic carbocycles. The summed E-state index contributed by atoms with van der Waals surface area (Å²) in [6, 6.07) is 4.93. The summed E-state index contributed by atoms with van der Waals surface area (Å²) in [7, 11) is 0. The number of anilines is 1. The van der Waals surface area contributed by atoms with Crippen molar-refractivity contribution in [1.29, 1.82) is 5.26 Å². The minimum absolute atomic E-state index is 0.0103. The summed E-state index contributed by atoms with van der Waals surface area (Å²) in [6.45, 7) is 0.983. The van der Waals surface area contributed by atoms with Gasteiger partial charge in [0.05, 0.1) is 22.9 Å².